The van der Waals surface area contributed by atoms with Gasteiger partial charge in [-0.1, -0.05) is 12.1 Å². The first-order valence-electron chi connectivity index (χ1n) is 5.81. The van der Waals surface area contributed by atoms with E-state index in [0.29, 0.717) is 6.54 Å². The van der Waals surface area contributed by atoms with Crippen molar-refractivity contribution in [1.82, 2.24) is 4.57 Å². The van der Waals surface area contributed by atoms with Crippen LogP contribution in [0.2, 0.25) is 0 Å². The van der Waals surface area contributed by atoms with E-state index in [-0.39, 0.29) is 5.82 Å². The van der Waals surface area contributed by atoms with Crippen LogP contribution in [0.3, 0.4) is 0 Å². The Morgan fingerprint density at radius 2 is 1.78 bits per heavy atom. The first-order chi connectivity index (χ1) is 8.72. The first kappa shape index (κ1) is 10.8. The lowest BCUT2D eigenvalue weighted by Gasteiger charge is -2.06. The second-order valence-electron chi connectivity index (χ2n) is 4.39. The Morgan fingerprint density at radius 1 is 1.00 bits per heavy atom. The Kier molecular flexibility index (Phi) is 2.52. The number of hydrogen-bond donors (Lipinski definition) is 1. The van der Waals surface area contributed by atoms with E-state index < -0.39 is 0 Å². The van der Waals surface area contributed by atoms with Gasteiger partial charge in [-0.15, -0.1) is 0 Å². The minimum absolute atomic E-state index is 0.209. The first-order valence-corrected chi connectivity index (χ1v) is 5.81. The number of nitrogens with two attached hydrogens (primary N) is 1. The molecule has 2 nitrogen and oxygen atoms in total. The second-order valence-corrected chi connectivity index (χ2v) is 4.39. The van der Waals surface area contributed by atoms with Crippen LogP contribution in [0.5, 0.6) is 0 Å². The Labute approximate surface area is 104 Å². The molecule has 0 aliphatic rings. The maximum Gasteiger partial charge on any atom is 0.125 e. The molecule has 3 rings (SSSR count). The summed E-state index contributed by atoms with van der Waals surface area (Å²) in [6.45, 7) is 0.716. The van der Waals surface area contributed by atoms with Gasteiger partial charge in [0.25, 0.3) is 0 Å². The fourth-order valence-corrected chi connectivity index (χ4v) is 2.11. The summed E-state index contributed by atoms with van der Waals surface area (Å²) in [6, 6.07) is 14.6. The van der Waals surface area contributed by atoms with E-state index in [2.05, 4.69) is 0 Å². The van der Waals surface area contributed by atoms with Crippen LogP contribution < -0.4 is 5.73 Å². The largest absolute Gasteiger partial charge is 0.399 e. The second kappa shape index (κ2) is 4.18. The van der Waals surface area contributed by atoms with Crippen LogP contribution in [0, 0.1) is 5.82 Å². The fourth-order valence-electron chi connectivity index (χ4n) is 2.11. The van der Waals surface area contributed by atoms with E-state index in [1.54, 1.807) is 12.1 Å². The lowest BCUT2D eigenvalue weighted by atomic mass is 10.2. The minimum atomic E-state index is -0.209. The zero-order valence-corrected chi connectivity index (χ0v) is 9.81. The van der Waals surface area contributed by atoms with Gasteiger partial charge in [-0.3, -0.25) is 0 Å². The Morgan fingerprint density at radius 3 is 2.56 bits per heavy atom. The molecule has 1 heterocycles. The molecule has 0 aliphatic heterocycles. The molecule has 0 bridgehead atoms. The summed E-state index contributed by atoms with van der Waals surface area (Å²) in [5.74, 6) is -0.209. The molecule has 0 saturated carbocycles. The van der Waals surface area contributed by atoms with Crippen molar-refractivity contribution < 1.29 is 4.39 Å². The highest BCUT2D eigenvalue weighted by molar-refractivity contribution is 5.80. The maximum atomic E-state index is 13.3. The van der Waals surface area contributed by atoms with Gasteiger partial charge in [-0.05, 0) is 47.3 Å². The van der Waals surface area contributed by atoms with Crippen molar-refractivity contribution in [1.29, 1.82) is 0 Å². The van der Waals surface area contributed by atoms with Crippen LogP contribution in [-0.4, -0.2) is 4.57 Å². The zero-order chi connectivity index (χ0) is 12.5. The Balaban J connectivity index is 1.99. The SMILES string of the molecule is Nc1ccc(Cn2ccc3ccc(F)cc32)cc1. The highest BCUT2D eigenvalue weighted by Crippen LogP contribution is 2.18. The van der Waals surface area contributed by atoms with Crippen molar-refractivity contribution in [2.24, 2.45) is 0 Å². The fraction of sp³-hybridized carbons (Fsp3) is 0.0667. The van der Waals surface area contributed by atoms with E-state index in [1.807, 2.05) is 41.1 Å². The summed E-state index contributed by atoms with van der Waals surface area (Å²) in [7, 11) is 0. The van der Waals surface area contributed by atoms with E-state index in [4.69, 9.17) is 5.73 Å². The number of anilines is 1. The van der Waals surface area contributed by atoms with Crippen LogP contribution in [-0.2, 0) is 6.54 Å². The van der Waals surface area contributed by atoms with Crippen molar-refractivity contribution in [3.8, 4) is 0 Å². The van der Waals surface area contributed by atoms with Crippen LogP contribution >= 0.6 is 0 Å². The highest BCUT2D eigenvalue weighted by atomic mass is 19.1. The van der Waals surface area contributed by atoms with Crippen molar-refractivity contribution in [2.75, 3.05) is 5.73 Å². The van der Waals surface area contributed by atoms with Crippen molar-refractivity contribution in [2.45, 2.75) is 6.54 Å². The quantitative estimate of drug-likeness (QED) is 0.684. The number of aromatic nitrogens is 1. The number of nitrogen functional groups attached to an aromatic ring is 1. The van der Waals surface area contributed by atoms with Crippen LogP contribution in [0.1, 0.15) is 5.56 Å². The molecular weight excluding hydrogens is 227 g/mol. The molecule has 3 heteroatoms. The monoisotopic (exact) mass is 240 g/mol. The lowest BCUT2D eigenvalue weighted by molar-refractivity contribution is 0.628. The third kappa shape index (κ3) is 1.95. The van der Waals surface area contributed by atoms with Crippen LogP contribution in [0.25, 0.3) is 10.9 Å². The molecule has 0 aliphatic carbocycles. The average molecular weight is 240 g/mol. The Bertz CT molecular complexity index is 683. The predicted octanol–water partition coefficient (Wildman–Crippen LogP) is 3.41. The van der Waals surface area contributed by atoms with E-state index in [9.17, 15) is 4.39 Å². The molecule has 3 aromatic rings. The maximum absolute atomic E-state index is 13.3. The van der Waals surface area contributed by atoms with Gasteiger partial charge in [0.05, 0.1) is 5.52 Å². The van der Waals surface area contributed by atoms with Gasteiger partial charge in [-0.2, -0.15) is 0 Å². The molecule has 0 spiro atoms. The summed E-state index contributed by atoms with van der Waals surface area (Å²) in [4.78, 5) is 0. The lowest BCUT2D eigenvalue weighted by Crippen LogP contribution is -1.98. The normalized spacial score (nSPS) is 10.9. The van der Waals surface area contributed by atoms with Crippen molar-refractivity contribution >= 4 is 16.6 Å². The molecule has 0 fully saturated rings. The third-order valence-electron chi connectivity index (χ3n) is 3.07. The summed E-state index contributed by atoms with van der Waals surface area (Å²) in [5.41, 5.74) is 8.46. The number of fused-ring (bicyclic) bond motifs is 1. The van der Waals surface area contributed by atoms with E-state index in [0.717, 1.165) is 22.2 Å². The molecule has 2 aromatic carbocycles. The van der Waals surface area contributed by atoms with E-state index >= 15 is 0 Å². The zero-order valence-electron chi connectivity index (χ0n) is 9.81. The van der Waals surface area contributed by atoms with Gasteiger partial charge >= 0.3 is 0 Å². The summed E-state index contributed by atoms with van der Waals surface area (Å²) in [5, 5.41) is 1.05. The molecule has 1 aromatic heterocycles. The van der Waals surface area contributed by atoms with E-state index in [1.165, 1.54) is 6.07 Å². The standard InChI is InChI=1S/C15H13FN2/c16-13-4-3-12-7-8-18(15(12)9-13)10-11-1-5-14(17)6-2-11/h1-9H,10,17H2. The Hall–Kier alpha value is -2.29. The van der Waals surface area contributed by atoms with Crippen LogP contribution in [0.4, 0.5) is 10.1 Å². The number of nitrogens with zero attached hydrogens (tertiary/aromatic N) is 1. The highest BCUT2D eigenvalue weighted by Gasteiger charge is 2.03. The molecule has 0 saturated heterocycles. The minimum Gasteiger partial charge on any atom is -0.399 e. The number of hydrogen-bond acceptors (Lipinski definition) is 1. The van der Waals surface area contributed by atoms with Gasteiger partial charge in [0.1, 0.15) is 5.82 Å². The third-order valence-corrected chi connectivity index (χ3v) is 3.07. The molecule has 2 N–H and O–H groups in total. The molecular formula is C15H13FN2. The predicted molar refractivity (Wildman–Crippen MR) is 71.9 cm³/mol. The van der Waals surface area contributed by atoms with Crippen LogP contribution in [0.15, 0.2) is 54.7 Å². The van der Waals surface area contributed by atoms with Gasteiger partial charge in [0.15, 0.2) is 0 Å². The number of rotatable bonds is 2. The molecule has 0 unspecified atom stereocenters. The summed E-state index contributed by atoms with van der Waals surface area (Å²) < 4.78 is 15.3. The topological polar surface area (TPSA) is 30.9 Å². The smallest absolute Gasteiger partial charge is 0.125 e. The van der Waals surface area contributed by atoms with Gasteiger partial charge in [0, 0.05) is 18.4 Å². The van der Waals surface area contributed by atoms with Gasteiger partial charge < -0.3 is 10.3 Å². The number of benzene rings is 2. The molecule has 90 valence electrons. The van der Waals surface area contributed by atoms with Gasteiger partial charge in [0.2, 0.25) is 0 Å². The average Bonchev–Trinajstić information content (AvgIpc) is 2.75. The molecule has 0 radical (unpaired) electrons. The molecule has 18 heavy (non-hydrogen) atoms. The van der Waals surface area contributed by atoms with Crippen molar-refractivity contribution in [3.63, 3.8) is 0 Å². The van der Waals surface area contributed by atoms with Crippen molar-refractivity contribution in [3.05, 3.63) is 66.1 Å². The summed E-state index contributed by atoms with van der Waals surface area (Å²) >= 11 is 0. The molecule has 0 atom stereocenters. The van der Waals surface area contributed by atoms with Gasteiger partial charge in [-0.25, -0.2) is 4.39 Å². The number of halogens is 1. The summed E-state index contributed by atoms with van der Waals surface area (Å²) in [6.07, 6.45) is 1.97. The molecule has 0 amide bonds.